The van der Waals surface area contributed by atoms with E-state index in [1.807, 2.05) is 13.0 Å². The number of rotatable bonds is 4. The molecule has 0 aliphatic heterocycles. The molecule has 0 spiro atoms. The predicted molar refractivity (Wildman–Crippen MR) is 95.3 cm³/mol. The Bertz CT molecular complexity index is 603. The van der Waals surface area contributed by atoms with Crippen LogP contribution in [0.5, 0.6) is 0 Å². The van der Waals surface area contributed by atoms with Gasteiger partial charge in [0.25, 0.3) is 5.91 Å². The molecule has 0 unspecified atom stereocenters. The summed E-state index contributed by atoms with van der Waals surface area (Å²) < 4.78 is 0. The number of urea groups is 1. The maximum atomic E-state index is 12.3. The van der Waals surface area contributed by atoms with Crippen LogP contribution < -0.4 is 16.0 Å². The highest BCUT2D eigenvalue weighted by Crippen LogP contribution is 2.22. The molecule has 0 radical (unpaired) electrons. The number of benzene rings is 1. The summed E-state index contributed by atoms with van der Waals surface area (Å²) in [5.41, 5.74) is 2.25. The van der Waals surface area contributed by atoms with E-state index in [1.54, 1.807) is 12.1 Å². The topological polar surface area (TPSA) is 70.2 Å². The van der Waals surface area contributed by atoms with E-state index in [9.17, 15) is 9.59 Å². The SMILES string of the molecule is Cc1ccc(C(=O)NC2CC2)cc1NC(=O)NC1CCCCCC1. The minimum Gasteiger partial charge on any atom is -0.349 e. The molecule has 0 bridgehead atoms. The van der Waals surface area contributed by atoms with Crippen molar-refractivity contribution in [2.75, 3.05) is 5.32 Å². The summed E-state index contributed by atoms with van der Waals surface area (Å²) in [4.78, 5) is 24.5. The third-order valence-electron chi connectivity index (χ3n) is 4.85. The van der Waals surface area contributed by atoms with Gasteiger partial charge in [-0.2, -0.15) is 0 Å². The minimum atomic E-state index is -0.176. The van der Waals surface area contributed by atoms with Gasteiger partial charge in [-0.3, -0.25) is 4.79 Å². The number of amides is 3. The molecule has 0 atom stereocenters. The van der Waals surface area contributed by atoms with Crippen molar-refractivity contribution < 1.29 is 9.59 Å². The number of anilines is 1. The first-order chi connectivity index (χ1) is 11.6. The summed E-state index contributed by atoms with van der Waals surface area (Å²) in [6, 6.07) is 5.86. The van der Waals surface area contributed by atoms with Gasteiger partial charge in [0.15, 0.2) is 0 Å². The quantitative estimate of drug-likeness (QED) is 0.737. The monoisotopic (exact) mass is 329 g/mol. The second-order valence-corrected chi connectivity index (χ2v) is 7.06. The highest BCUT2D eigenvalue weighted by molar-refractivity contribution is 5.97. The Hall–Kier alpha value is -2.04. The largest absolute Gasteiger partial charge is 0.349 e. The smallest absolute Gasteiger partial charge is 0.319 e. The maximum Gasteiger partial charge on any atom is 0.319 e. The number of aryl methyl sites for hydroxylation is 1. The van der Waals surface area contributed by atoms with Gasteiger partial charge in [0, 0.05) is 23.3 Å². The molecule has 2 aliphatic carbocycles. The van der Waals surface area contributed by atoms with Crippen molar-refractivity contribution in [1.29, 1.82) is 0 Å². The Kier molecular flexibility index (Phi) is 5.38. The molecule has 130 valence electrons. The lowest BCUT2D eigenvalue weighted by molar-refractivity contribution is 0.0951. The first-order valence-corrected chi connectivity index (χ1v) is 9.11. The van der Waals surface area contributed by atoms with E-state index in [4.69, 9.17) is 0 Å². The van der Waals surface area contributed by atoms with Crippen LogP contribution >= 0.6 is 0 Å². The van der Waals surface area contributed by atoms with E-state index in [2.05, 4.69) is 16.0 Å². The molecule has 3 rings (SSSR count). The fraction of sp³-hybridized carbons (Fsp3) is 0.579. The Morgan fingerprint density at radius 3 is 2.25 bits per heavy atom. The molecule has 0 saturated heterocycles. The molecule has 5 heteroatoms. The molecule has 5 nitrogen and oxygen atoms in total. The van der Waals surface area contributed by atoms with Crippen molar-refractivity contribution >= 4 is 17.6 Å². The summed E-state index contributed by atoms with van der Waals surface area (Å²) >= 11 is 0. The van der Waals surface area contributed by atoms with E-state index < -0.39 is 0 Å². The predicted octanol–water partition coefficient (Wildman–Crippen LogP) is 3.73. The van der Waals surface area contributed by atoms with Gasteiger partial charge in [0.05, 0.1) is 0 Å². The van der Waals surface area contributed by atoms with Gasteiger partial charge >= 0.3 is 6.03 Å². The molecule has 2 aliphatic rings. The zero-order chi connectivity index (χ0) is 16.9. The van der Waals surface area contributed by atoms with Crippen molar-refractivity contribution in [2.24, 2.45) is 0 Å². The highest BCUT2D eigenvalue weighted by Gasteiger charge is 2.24. The number of nitrogens with one attached hydrogen (secondary N) is 3. The number of carbonyl (C=O) groups excluding carboxylic acids is 2. The van der Waals surface area contributed by atoms with E-state index in [1.165, 1.54) is 25.7 Å². The van der Waals surface area contributed by atoms with Crippen molar-refractivity contribution in [2.45, 2.75) is 70.4 Å². The zero-order valence-electron chi connectivity index (χ0n) is 14.4. The Morgan fingerprint density at radius 1 is 0.917 bits per heavy atom. The summed E-state index contributed by atoms with van der Waals surface area (Å²) in [7, 11) is 0. The van der Waals surface area contributed by atoms with Gasteiger partial charge in [-0.05, 0) is 50.3 Å². The van der Waals surface area contributed by atoms with Gasteiger partial charge < -0.3 is 16.0 Å². The third-order valence-corrected chi connectivity index (χ3v) is 4.85. The normalized spacial score (nSPS) is 18.5. The van der Waals surface area contributed by atoms with E-state index in [-0.39, 0.29) is 18.0 Å². The van der Waals surface area contributed by atoms with Crippen LogP contribution in [0.3, 0.4) is 0 Å². The summed E-state index contributed by atoms with van der Waals surface area (Å²) in [6.07, 6.45) is 9.11. The lowest BCUT2D eigenvalue weighted by atomic mass is 10.1. The highest BCUT2D eigenvalue weighted by atomic mass is 16.2. The van der Waals surface area contributed by atoms with Crippen LogP contribution in [0, 0.1) is 6.92 Å². The van der Waals surface area contributed by atoms with Gasteiger partial charge in [0.2, 0.25) is 0 Å². The van der Waals surface area contributed by atoms with Crippen LogP contribution in [0.1, 0.15) is 67.3 Å². The molecule has 3 N–H and O–H groups in total. The Labute approximate surface area is 143 Å². The molecule has 2 saturated carbocycles. The molecule has 3 amide bonds. The lowest BCUT2D eigenvalue weighted by Crippen LogP contribution is -2.37. The molecule has 1 aromatic carbocycles. The average Bonchev–Trinajstić information content (AvgIpc) is 3.37. The summed E-state index contributed by atoms with van der Waals surface area (Å²) in [5.74, 6) is -0.0651. The zero-order valence-corrected chi connectivity index (χ0v) is 14.4. The molecular formula is C19H27N3O2. The average molecular weight is 329 g/mol. The van der Waals surface area contributed by atoms with Crippen LogP contribution in [0.4, 0.5) is 10.5 Å². The summed E-state index contributed by atoms with van der Waals surface area (Å²) in [6.45, 7) is 1.93. The van der Waals surface area contributed by atoms with Crippen molar-refractivity contribution in [3.05, 3.63) is 29.3 Å². The van der Waals surface area contributed by atoms with Gasteiger partial charge in [-0.15, -0.1) is 0 Å². The first kappa shape index (κ1) is 16.8. The lowest BCUT2D eigenvalue weighted by Gasteiger charge is -2.18. The molecule has 0 heterocycles. The Balaban J connectivity index is 1.60. The van der Waals surface area contributed by atoms with Crippen LogP contribution in [0.25, 0.3) is 0 Å². The fourth-order valence-corrected chi connectivity index (χ4v) is 3.16. The second kappa shape index (κ2) is 7.69. The van der Waals surface area contributed by atoms with Crippen LogP contribution in [-0.2, 0) is 0 Å². The Morgan fingerprint density at radius 2 is 1.58 bits per heavy atom. The van der Waals surface area contributed by atoms with Crippen LogP contribution in [-0.4, -0.2) is 24.0 Å². The van der Waals surface area contributed by atoms with E-state index in [0.717, 1.165) is 31.2 Å². The van der Waals surface area contributed by atoms with Gasteiger partial charge in [-0.25, -0.2) is 4.79 Å². The van der Waals surface area contributed by atoms with Crippen molar-refractivity contribution in [3.63, 3.8) is 0 Å². The van der Waals surface area contributed by atoms with Gasteiger partial charge in [-0.1, -0.05) is 31.7 Å². The molecule has 2 fully saturated rings. The number of carbonyl (C=O) groups is 2. The van der Waals surface area contributed by atoms with Crippen molar-refractivity contribution in [1.82, 2.24) is 10.6 Å². The molecule has 1 aromatic rings. The fourth-order valence-electron chi connectivity index (χ4n) is 3.16. The third kappa shape index (κ3) is 4.73. The second-order valence-electron chi connectivity index (χ2n) is 7.06. The number of hydrogen-bond donors (Lipinski definition) is 3. The van der Waals surface area contributed by atoms with E-state index >= 15 is 0 Å². The molecular weight excluding hydrogens is 302 g/mol. The summed E-state index contributed by atoms with van der Waals surface area (Å²) in [5, 5.41) is 8.96. The molecule has 0 aromatic heterocycles. The first-order valence-electron chi connectivity index (χ1n) is 9.11. The van der Waals surface area contributed by atoms with Gasteiger partial charge in [0.1, 0.15) is 0 Å². The van der Waals surface area contributed by atoms with Crippen LogP contribution in [0.2, 0.25) is 0 Å². The van der Waals surface area contributed by atoms with E-state index in [0.29, 0.717) is 17.3 Å². The van der Waals surface area contributed by atoms with Crippen LogP contribution in [0.15, 0.2) is 18.2 Å². The molecule has 24 heavy (non-hydrogen) atoms. The number of hydrogen-bond acceptors (Lipinski definition) is 2. The maximum absolute atomic E-state index is 12.3. The standard InChI is InChI=1S/C19H27N3O2/c1-13-8-9-14(18(23)20-16-10-11-16)12-17(13)22-19(24)21-15-6-4-2-3-5-7-15/h8-9,12,15-16H,2-7,10-11H2,1H3,(H,20,23)(H2,21,22,24). The minimum absolute atomic E-state index is 0.0651. The van der Waals surface area contributed by atoms with Crippen molar-refractivity contribution in [3.8, 4) is 0 Å².